The molecule has 2 saturated heterocycles. The third kappa shape index (κ3) is 2.93. The highest BCUT2D eigenvalue weighted by Crippen LogP contribution is 2.40. The summed E-state index contributed by atoms with van der Waals surface area (Å²) in [6.45, 7) is 3.82. The van der Waals surface area contributed by atoms with Crippen LogP contribution in [0.3, 0.4) is 0 Å². The summed E-state index contributed by atoms with van der Waals surface area (Å²) in [5.74, 6) is 0.293. The maximum absolute atomic E-state index is 12.7. The number of rotatable bonds is 2. The molecule has 1 aromatic carbocycles. The van der Waals surface area contributed by atoms with E-state index in [4.69, 9.17) is 0 Å². The SMILES string of the molecule is CC1CCN(C(=O)c2ccc(N3C(=O)C4CCCCC4C3=O)cc2)CC1. The Kier molecular flexibility index (Phi) is 4.55. The van der Waals surface area contributed by atoms with Crippen LogP contribution in [0.15, 0.2) is 24.3 Å². The molecule has 4 rings (SSSR count). The standard InChI is InChI=1S/C21H26N2O3/c1-14-10-12-22(13-11-14)19(24)15-6-8-16(9-7-15)23-20(25)17-4-2-3-5-18(17)21(23)26/h6-9,14,17-18H,2-5,10-13H2,1H3. The van der Waals surface area contributed by atoms with E-state index >= 15 is 0 Å². The van der Waals surface area contributed by atoms with E-state index in [2.05, 4.69) is 6.92 Å². The van der Waals surface area contributed by atoms with Gasteiger partial charge in [0.2, 0.25) is 11.8 Å². The number of carbonyl (C=O) groups is 3. The Bertz CT molecular complexity index is 695. The van der Waals surface area contributed by atoms with E-state index in [0.717, 1.165) is 51.6 Å². The molecule has 2 unspecified atom stereocenters. The van der Waals surface area contributed by atoms with Gasteiger partial charge in [-0.1, -0.05) is 19.8 Å². The van der Waals surface area contributed by atoms with Crippen molar-refractivity contribution in [2.45, 2.75) is 45.4 Å². The highest BCUT2D eigenvalue weighted by Gasteiger charge is 2.48. The molecule has 138 valence electrons. The van der Waals surface area contributed by atoms with Gasteiger partial charge < -0.3 is 4.90 Å². The van der Waals surface area contributed by atoms with Crippen LogP contribution in [0.25, 0.3) is 0 Å². The highest BCUT2D eigenvalue weighted by molar-refractivity contribution is 6.22. The largest absolute Gasteiger partial charge is 0.339 e. The molecule has 1 aromatic rings. The first-order chi connectivity index (χ1) is 12.6. The molecule has 26 heavy (non-hydrogen) atoms. The minimum atomic E-state index is -0.145. The summed E-state index contributed by atoms with van der Waals surface area (Å²) in [7, 11) is 0. The van der Waals surface area contributed by atoms with Crippen molar-refractivity contribution in [3.05, 3.63) is 29.8 Å². The van der Waals surface area contributed by atoms with Crippen LogP contribution in [0.4, 0.5) is 5.69 Å². The first-order valence-corrected chi connectivity index (χ1v) is 9.83. The zero-order chi connectivity index (χ0) is 18.3. The van der Waals surface area contributed by atoms with Gasteiger partial charge in [0, 0.05) is 18.7 Å². The van der Waals surface area contributed by atoms with Gasteiger partial charge in [0.15, 0.2) is 0 Å². The van der Waals surface area contributed by atoms with Gasteiger partial charge in [0.25, 0.3) is 5.91 Å². The first-order valence-electron chi connectivity index (χ1n) is 9.83. The van der Waals surface area contributed by atoms with E-state index in [1.807, 2.05) is 4.90 Å². The third-order valence-corrected chi connectivity index (χ3v) is 6.28. The Labute approximate surface area is 154 Å². The number of nitrogens with zero attached hydrogens (tertiary/aromatic N) is 2. The number of benzene rings is 1. The van der Waals surface area contributed by atoms with E-state index < -0.39 is 0 Å². The Morgan fingerprint density at radius 1 is 0.885 bits per heavy atom. The number of piperidine rings is 1. The first kappa shape index (κ1) is 17.3. The fraction of sp³-hybridized carbons (Fsp3) is 0.571. The molecule has 3 amide bonds. The molecule has 2 atom stereocenters. The van der Waals surface area contributed by atoms with Crippen LogP contribution in [0.2, 0.25) is 0 Å². The number of likely N-dealkylation sites (tertiary alicyclic amines) is 1. The fourth-order valence-corrected chi connectivity index (χ4v) is 4.56. The predicted molar refractivity (Wildman–Crippen MR) is 98.7 cm³/mol. The van der Waals surface area contributed by atoms with Gasteiger partial charge in [-0.05, 0) is 55.9 Å². The van der Waals surface area contributed by atoms with Crippen LogP contribution in [-0.4, -0.2) is 35.7 Å². The molecular formula is C21H26N2O3. The van der Waals surface area contributed by atoms with Crippen LogP contribution < -0.4 is 4.90 Å². The lowest BCUT2D eigenvalue weighted by Crippen LogP contribution is -2.38. The smallest absolute Gasteiger partial charge is 0.253 e. The molecular weight excluding hydrogens is 328 g/mol. The number of fused-ring (bicyclic) bond motifs is 1. The second kappa shape index (κ2) is 6.86. The van der Waals surface area contributed by atoms with Crippen molar-refractivity contribution < 1.29 is 14.4 Å². The molecule has 3 fully saturated rings. The van der Waals surface area contributed by atoms with E-state index in [-0.39, 0.29) is 29.6 Å². The van der Waals surface area contributed by atoms with Crippen molar-refractivity contribution in [1.82, 2.24) is 4.90 Å². The fourth-order valence-electron chi connectivity index (χ4n) is 4.56. The number of carbonyl (C=O) groups excluding carboxylic acids is 3. The lowest BCUT2D eigenvalue weighted by Gasteiger charge is -2.30. The van der Waals surface area contributed by atoms with Gasteiger partial charge in [-0.15, -0.1) is 0 Å². The zero-order valence-electron chi connectivity index (χ0n) is 15.3. The Hall–Kier alpha value is -2.17. The minimum absolute atomic E-state index is 0.0381. The van der Waals surface area contributed by atoms with Crippen LogP contribution in [0, 0.1) is 17.8 Å². The van der Waals surface area contributed by atoms with E-state index in [1.54, 1.807) is 24.3 Å². The van der Waals surface area contributed by atoms with Crippen LogP contribution in [0.1, 0.15) is 55.8 Å². The minimum Gasteiger partial charge on any atom is -0.339 e. The van der Waals surface area contributed by atoms with Crippen molar-refractivity contribution in [2.24, 2.45) is 17.8 Å². The van der Waals surface area contributed by atoms with Crippen molar-refractivity contribution >= 4 is 23.4 Å². The van der Waals surface area contributed by atoms with Gasteiger partial charge in [-0.25, -0.2) is 0 Å². The van der Waals surface area contributed by atoms with E-state index in [9.17, 15) is 14.4 Å². The molecule has 2 aliphatic heterocycles. The average molecular weight is 354 g/mol. The second-order valence-electron chi connectivity index (χ2n) is 8.03. The van der Waals surface area contributed by atoms with Gasteiger partial charge in [-0.2, -0.15) is 0 Å². The van der Waals surface area contributed by atoms with Gasteiger partial charge >= 0.3 is 0 Å². The number of anilines is 1. The molecule has 2 heterocycles. The average Bonchev–Trinajstić information content (AvgIpc) is 2.93. The molecule has 1 saturated carbocycles. The molecule has 0 bridgehead atoms. The van der Waals surface area contributed by atoms with Crippen molar-refractivity contribution in [3.63, 3.8) is 0 Å². The topological polar surface area (TPSA) is 57.7 Å². The maximum Gasteiger partial charge on any atom is 0.253 e. The molecule has 5 heteroatoms. The van der Waals surface area contributed by atoms with Crippen molar-refractivity contribution in [3.8, 4) is 0 Å². The van der Waals surface area contributed by atoms with Crippen molar-refractivity contribution in [2.75, 3.05) is 18.0 Å². The van der Waals surface area contributed by atoms with E-state index in [1.165, 1.54) is 4.90 Å². The molecule has 0 radical (unpaired) electrons. The molecule has 0 N–H and O–H groups in total. The van der Waals surface area contributed by atoms with Crippen LogP contribution >= 0.6 is 0 Å². The molecule has 0 aromatic heterocycles. The van der Waals surface area contributed by atoms with Crippen molar-refractivity contribution in [1.29, 1.82) is 0 Å². The Balaban J connectivity index is 1.50. The summed E-state index contributed by atoms with van der Waals surface area (Å²) >= 11 is 0. The quantitative estimate of drug-likeness (QED) is 0.766. The van der Waals surface area contributed by atoms with Crippen LogP contribution in [0.5, 0.6) is 0 Å². The molecule has 0 spiro atoms. The summed E-state index contributed by atoms with van der Waals surface area (Å²) < 4.78 is 0. The third-order valence-electron chi connectivity index (χ3n) is 6.28. The second-order valence-corrected chi connectivity index (χ2v) is 8.03. The van der Waals surface area contributed by atoms with Gasteiger partial charge in [0.05, 0.1) is 17.5 Å². The van der Waals surface area contributed by atoms with Gasteiger partial charge in [0.1, 0.15) is 0 Å². The summed E-state index contributed by atoms with van der Waals surface area (Å²) in [6.07, 6.45) is 5.77. The highest BCUT2D eigenvalue weighted by atomic mass is 16.2. The lowest BCUT2D eigenvalue weighted by atomic mass is 9.81. The molecule has 1 aliphatic carbocycles. The van der Waals surface area contributed by atoms with Gasteiger partial charge in [-0.3, -0.25) is 19.3 Å². The number of hydrogen-bond donors (Lipinski definition) is 0. The predicted octanol–water partition coefficient (Wildman–Crippen LogP) is 3.24. The zero-order valence-corrected chi connectivity index (χ0v) is 15.3. The molecule has 3 aliphatic rings. The summed E-state index contributed by atoms with van der Waals surface area (Å²) in [4.78, 5) is 41.2. The summed E-state index contributed by atoms with van der Waals surface area (Å²) in [5, 5.41) is 0. The lowest BCUT2D eigenvalue weighted by molar-refractivity contribution is -0.122. The number of amides is 3. The monoisotopic (exact) mass is 354 g/mol. The maximum atomic E-state index is 12.7. The Morgan fingerprint density at radius 3 is 1.96 bits per heavy atom. The normalized spacial score (nSPS) is 27.0. The summed E-state index contributed by atoms with van der Waals surface area (Å²) in [6, 6.07) is 6.98. The summed E-state index contributed by atoms with van der Waals surface area (Å²) in [5.41, 5.74) is 1.22. The molecule has 5 nitrogen and oxygen atoms in total. The number of hydrogen-bond acceptors (Lipinski definition) is 3. The van der Waals surface area contributed by atoms with Crippen LogP contribution in [-0.2, 0) is 9.59 Å². The van der Waals surface area contributed by atoms with E-state index in [0.29, 0.717) is 17.2 Å². The number of imide groups is 1. The Morgan fingerprint density at radius 2 is 1.42 bits per heavy atom.